The normalized spacial score (nSPS) is 10.3. The molecule has 1 aromatic carbocycles. The Balaban J connectivity index is 2.49. The highest BCUT2D eigenvalue weighted by molar-refractivity contribution is 5.68. The number of hydrogen-bond acceptors (Lipinski definition) is 2. The summed E-state index contributed by atoms with van der Waals surface area (Å²) in [5.74, 6) is 0.543. The number of halogens is 1. The lowest BCUT2D eigenvalue weighted by molar-refractivity contribution is 0.628. The summed E-state index contributed by atoms with van der Waals surface area (Å²) >= 11 is 0. The average molecular weight is 205 g/mol. The minimum absolute atomic E-state index is 0.243. The smallest absolute Gasteiger partial charge is 0.151 e. The Hall–Kier alpha value is -1.84. The van der Waals surface area contributed by atoms with E-state index in [0.717, 1.165) is 22.6 Å². The van der Waals surface area contributed by atoms with E-state index in [0.29, 0.717) is 0 Å². The van der Waals surface area contributed by atoms with Crippen molar-refractivity contribution in [2.45, 2.75) is 6.92 Å². The summed E-state index contributed by atoms with van der Waals surface area (Å²) in [5.41, 5.74) is 2.64. The van der Waals surface area contributed by atoms with E-state index in [1.165, 1.54) is 12.1 Å². The highest BCUT2D eigenvalue weighted by Crippen LogP contribution is 2.25. The number of anilines is 1. The fraction of sp³-hybridized carbons (Fsp3) is 0.182. The van der Waals surface area contributed by atoms with Crippen LogP contribution in [0, 0.1) is 12.7 Å². The van der Waals surface area contributed by atoms with E-state index in [9.17, 15) is 4.39 Å². The topological polar surface area (TPSA) is 40.7 Å². The summed E-state index contributed by atoms with van der Waals surface area (Å²) in [7, 11) is 1.80. The molecule has 78 valence electrons. The summed E-state index contributed by atoms with van der Waals surface area (Å²) in [6.07, 6.45) is 0. The first-order chi connectivity index (χ1) is 7.22. The summed E-state index contributed by atoms with van der Waals surface area (Å²) in [4.78, 5) is 0. The van der Waals surface area contributed by atoms with E-state index in [1.807, 2.05) is 13.0 Å². The molecule has 2 N–H and O–H groups in total. The van der Waals surface area contributed by atoms with Crippen LogP contribution >= 0.6 is 0 Å². The van der Waals surface area contributed by atoms with Crippen molar-refractivity contribution in [3.05, 3.63) is 35.6 Å². The predicted octanol–water partition coefficient (Wildman–Crippen LogP) is 2.57. The van der Waals surface area contributed by atoms with Gasteiger partial charge < -0.3 is 5.32 Å². The minimum atomic E-state index is -0.243. The molecule has 0 fully saturated rings. The van der Waals surface area contributed by atoms with Gasteiger partial charge in [0, 0.05) is 18.2 Å². The molecule has 0 saturated carbocycles. The van der Waals surface area contributed by atoms with Crippen LogP contribution in [0.3, 0.4) is 0 Å². The van der Waals surface area contributed by atoms with Crippen LogP contribution in [-0.4, -0.2) is 17.2 Å². The van der Waals surface area contributed by atoms with Crippen LogP contribution in [-0.2, 0) is 0 Å². The van der Waals surface area contributed by atoms with Gasteiger partial charge in [-0.05, 0) is 19.1 Å². The van der Waals surface area contributed by atoms with Crippen molar-refractivity contribution >= 4 is 5.82 Å². The Labute approximate surface area is 87.3 Å². The van der Waals surface area contributed by atoms with E-state index >= 15 is 0 Å². The van der Waals surface area contributed by atoms with Gasteiger partial charge in [0.05, 0.1) is 5.69 Å². The number of nitrogens with zero attached hydrogens (tertiary/aromatic N) is 1. The van der Waals surface area contributed by atoms with Crippen LogP contribution < -0.4 is 5.32 Å². The molecule has 0 aliphatic rings. The number of H-pyrrole nitrogens is 1. The van der Waals surface area contributed by atoms with Gasteiger partial charge in [0.1, 0.15) is 5.82 Å². The Morgan fingerprint density at radius 2 is 2.20 bits per heavy atom. The Morgan fingerprint density at radius 1 is 1.40 bits per heavy atom. The summed E-state index contributed by atoms with van der Waals surface area (Å²) < 4.78 is 13.0. The van der Waals surface area contributed by atoms with Crippen molar-refractivity contribution in [3.63, 3.8) is 0 Å². The van der Waals surface area contributed by atoms with Crippen molar-refractivity contribution in [3.8, 4) is 11.3 Å². The van der Waals surface area contributed by atoms with E-state index in [4.69, 9.17) is 0 Å². The molecule has 0 aliphatic heterocycles. The number of hydrogen-bond donors (Lipinski definition) is 2. The number of aromatic amines is 1. The molecule has 2 rings (SSSR count). The van der Waals surface area contributed by atoms with E-state index in [-0.39, 0.29) is 5.82 Å². The first kappa shape index (κ1) is 9.71. The Bertz CT molecular complexity index is 476. The molecule has 1 heterocycles. The average Bonchev–Trinajstić information content (AvgIpc) is 2.59. The summed E-state index contributed by atoms with van der Waals surface area (Å²) in [6, 6.07) is 6.45. The molecule has 2 aromatic rings. The van der Waals surface area contributed by atoms with E-state index in [1.54, 1.807) is 13.1 Å². The maximum atomic E-state index is 13.0. The summed E-state index contributed by atoms with van der Waals surface area (Å²) in [5, 5.41) is 9.93. The van der Waals surface area contributed by atoms with Gasteiger partial charge in [0.25, 0.3) is 0 Å². The van der Waals surface area contributed by atoms with E-state index in [2.05, 4.69) is 15.5 Å². The van der Waals surface area contributed by atoms with Gasteiger partial charge in [-0.1, -0.05) is 12.1 Å². The molecule has 3 nitrogen and oxygen atoms in total. The lowest BCUT2D eigenvalue weighted by Gasteiger charge is -2.00. The second kappa shape index (κ2) is 3.73. The third kappa shape index (κ3) is 1.70. The molecular weight excluding hydrogens is 193 g/mol. The number of rotatable bonds is 2. The molecule has 0 saturated heterocycles. The van der Waals surface area contributed by atoms with E-state index < -0.39 is 0 Å². The van der Waals surface area contributed by atoms with Gasteiger partial charge in [-0.25, -0.2) is 4.39 Å². The fourth-order valence-electron chi connectivity index (χ4n) is 1.57. The van der Waals surface area contributed by atoms with Crippen molar-refractivity contribution in [2.24, 2.45) is 0 Å². The van der Waals surface area contributed by atoms with Gasteiger partial charge >= 0.3 is 0 Å². The second-order valence-electron chi connectivity index (χ2n) is 3.33. The SMILES string of the molecule is CNc1n[nH]c(-c2cccc(F)c2)c1C. The van der Waals surface area contributed by atoms with Crippen molar-refractivity contribution in [2.75, 3.05) is 12.4 Å². The molecule has 0 bridgehead atoms. The van der Waals surface area contributed by atoms with Crippen LogP contribution in [0.1, 0.15) is 5.56 Å². The highest BCUT2D eigenvalue weighted by atomic mass is 19.1. The zero-order valence-corrected chi connectivity index (χ0v) is 8.63. The zero-order chi connectivity index (χ0) is 10.8. The first-order valence-corrected chi connectivity index (χ1v) is 4.71. The third-order valence-corrected chi connectivity index (χ3v) is 2.36. The molecule has 0 aliphatic carbocycles. The Kier molecular flexibility index (Phi) is 2.41. The monoisotopic (exact) mass is 205 g/mol. The lowest BCUT2D eigenvalue weighted by atomic mass is 10.1. The fourth-order valence-corrected chi connectivity index (χ4v) is 1.57. The number of aromatic nitrogens is 2. The first-order valence-electron chi connectivity index (χ1n) is 4.71. The Morgan fingerprint density at radius 3 is 2.80 bits per heavy atom. The predicted molar refractivity (Wildman–Crippen MR) is 58.3 cm³/mol. The van der Waals surface area contributed by atoms with Gasteiger partial charge in [0.2, 0.25) is 0 Å². The minimum Gasteiger partial charge on any atom is -0.371 e. The lowest BCUT2D eigenvalue weighted by Crippen LogP contribution is -1.89. The number of benzene rings is 1. The highest BCUT2D eigenvalue weighted by Gasteiger charge is 2.09. The standard InChI is InChI=1S/C11H12FN3/c1-7-10(14-15-11(7)13-2)8-4-3-5-9(12)6-8/h3-6H,1-2H3,(H2,13,14,15). The van der Waals surface area contributed by atoms with Gasteiger partial charge in [-0.2, -0.15) is 5.10 Å². The second-order valence-corrected chi connectivity index (χ2v) is 3.33. The van der Waals surface area contributed by atoms with Crippen LogP contribution in [0.25, 0.3) is 11.3 Å². The molecule has 1 aromatic heterocycles. The largest absolute Gasteiger partial charge is 0.371 e. The van der Waals surface area contributed by atoms with Gasteiger partial charge in [-0.15, -0.1) is 0 Å². The molecule has 0 unspecified atom stereocenters. The quantitative estimate of drug-likeness (QED) is 0.791. The molecule has 0 amide bonds. The van der Waals surface area contributed by atoms with Gasteiger partial charge in [-0.3, -0.25) is 5.10 Å². The molecule has 0 spiro atoms. The van der Waals surface area contributed by atoms with Crippen molar-refractivity contribution in [1.29, 1.82) is 0 Å². The molecule has 0 atom stereocenters. The number of nitrogens with one attached hydrogen (secondary N) is 2. The van der Waals surface area contributed by atoms with Crippen LogP contribution in [0.2, 0.25) is 0 Å². The molecule has 15 heavy (non-hydrogen) atoms. The van der Waals surface area contributed by atoms with Crippen LogP contribution in [0.5, 0.6) is 0 Å². The van der Waals surface area contributed by atoms with Crippen molar-refractivity contribution in [1.82, 2.24) is 10.2 Å². The summed E-state index contributed by atoms with van der Waals surface area (Å²) in [6.45, 7) is 1.94. The third-order valence-electron chi connectivity index (χ3n) is 2.36. The zero-order valence-electron chi connectivity index (χ0n) is 8.63. The molecule has 4 heteroatoms. The van der Waals surface area contributed by atoms with Gasteiger partial charge in [0.15, 0.2) is 5.82 Å². The van der Waals surface area contributed by atoms with Crippen LogP contribution in [0.4, 0.5) is 10.2 Å². The van der Waals surface area contributed by atoms with Crippen LogP contribution in [0.15, 0.2) is 24.3 Å². The van der Waals surface area contributed by atoms with Crippen molar-refractivity contribution < 1.29 is 4.39 Å². The maximum Gasteiger partial charge on any atom is 0.151 e. The maximum absolute atomic E-state index is 13.0. The molecule has 0 radical (unpaired) electrons. The molecular formula is C11H12FN3.